The summed E-state index contributed by atoms with van der Waals surface area (Å²) in [7, 11) is 0. The summed E-state index contributed by atoms with van der Waals surface area (Å²) in [5, 5.41) is 5.90. The van der Waals surface area contributed by atoms with Gasteiger partial charge >= 0.3 is 6.03 Å². The Hall–Kier alpha value is -2.81. The fourth-order valence-electron chi connectivity index (χ4n) is 2.72. The minimum atomic E-state index is -0.551. The summed E-state index contributed by atoms with van der Waals surface area (Å²) < 4.78 is 0. The van der Waals surface area contributed by atoms with Gasteiger partial charge in [-0.15, -0.1) is 0 Å². The van der Waals surface area contributed by atoms with Crippen LogP contribution in [0.1, 0.15) is 43.9 Å². The van der Waals surface area contributed by atoms with E-state index in [0.29, 0.717) is 25.9 Å². The minimum Gasteiger partial charge on any atom is -0.370 e. The topological polar surface area (TPSA) is 175 Å². The van der Waals surface area contributed by atoms with E-state index in [1.165, 1.54) is 0 Å². The molecule has 1 aromatic rings. The molecule has 0 aromatic heterocycles. The number of rotatable bonds is 11. The van der Waals surface area contributed by atoms with Gasteiger partial charge in [0.15, 0.2) is 5.96 Å². The molecule has 0 heterocycles. The highest BCUT2D eigenvalue weighted by Crippen LogP contribution is 2.22. The first-order valence-electron chi connectivity index (χ1n) is 8.93. The quantitative estimate of drug-likeness (QED) is 0.181. The van der Waals surface area contributed by atoms with E-state index in [9.17, 15) is 9.59 Å². The van der Waals surface area contributed by atoms with Gasteiger partial charge in [0.2, 0.25) is 5.91 Å². The number of urea groups is 1. The SMILES string of the molecule is CC(C)C(NC(N)=O)c1ccc(CN[C@@H](CCCN=C(N)N)C(N)=O)cc1. The maximum Gasteiger partial charge on any atom is 0.312 e. The molecule has 10 N–H and O–H groups in total. The molecular weight excluding hydrogens is 346 g/mol. The van der Waals surface area contributed by atoms with Gasteiger partial charge in [0.05, 0.1) is 12.1 Å². The Balaban J connectivity index is 2.63. The Labute approximate surface area is 159 Å². The van der Waals surface area contributed by atoms with Crippen LogP contribution < -0.4 is 33.6 Å². The number of nitrogens with one attached hydrogen (secondary N) is 2. The highest BCUT2D eigenvalue weighted by molar-refractivity contribution is 5.79. The number of guanidine groups is 1. The number of amides is 3. The van der Waals surface area contributed by atoms with E-state index in [-0.39, 0.29) is 17.9 Å². The predicted molar refractivity (Wildman–Crippen MR) is 106 cm³/mol. The standard InChI is InChI=1S/C18H31N7O2/c1-11(2)15(25-18(22)27)13-7-5-12(6-8-13)10-24-14(16(19)26)4-3-9-23-17(20)21/h5-8,11,14-15,24H,3-4,9-10H2,1-2H3,(H2,19,26)(H4,20,21,23)(H3,22,25,27)/t14-,15?/m0/s1. The molecule has 2 atom stereocenters. The number of carbonyl (C=O) groups excluding carboxylic acids is 2. The molecule has 0 aliphatic carbocycles. The molecule has 0 aliphatic heterocycles. The number of nitrogens with two attached hydrogens (primary N) is 4. The van der Waals surface area contributed by atoms with Crippen LogP contribution in [0.15, 0.2) is 29.3 Å². The third-order valence-corrected chi connectivity index (χ3v) is 4.14. The molecule has 9 heteroatoms. The van der Waals surface area contributed by atoms with E-state index in [2.05, 4.69) is 15.6 Å². The highest BCUT2D eigenvalue weighted by atomic mass is 16.2. The number of aliphatic imine (C=N–C) groups is 1. The molecule has 0 fully saturated rings. The van der Waals surface area contributed by atoms with Gasteiger partial charge in [-0.3, -0.25) is 9.79 Å². The predicted octanol–water partition coefficient (Wildman–Crippen LogP) is 0.0491. The summed E-state index contributed by atoms with van der Waals surface area (Å²) in [6.07, 6.45) is 1.19. The molecule has 150 valence electrons. The van der Waals surface area contributed by atoms with Crippen molar-refractivity contribution in [2.24, 2.45) is 33.8 Å². The average Bonchev–Trinajstić information content (AvgIpc) is 2.58. The lowest BCUT2D eigenvalue weighted by molar-refractivity contribution is -0.120. The zero-order valence-corrected chi connectivity index (χ0v) is 15.9. The lowest BCUT2D eigenvalue weighted by Gasteiger charge is -2.22. The van der Waals surface area contributed by atoms with Crippen LogP contribution in [-0.4, -0.2) is 30.5 Å². The van der Waals surface area contributed by atoms with Crippen molar-refractivity contribution in [3.63, 3.8) is 0 Å². The van der Waals surface area contributed by atoms with E-state index in [1.807, 2.05) is 38.1 Å². The lowest BCUT2D eigenvalue weighted by atomic mass is 9.95. The first-order chi connectivity index (χ1) is 12.7. The van der Waals surface area contributed by atoms with Crippen molar-refractivity contribution in [1.29, 1.82) is 0 Å². The second kappa shape index (κ2) is 11.0. The van der Waals surface area contributed by atoms with E-state index in [0.717, 1.165) is 11.1 Å². The van der Waals surface area contributed by atoms with Gasteiger partial charge < -0.3 is 33.6 Å². The fourth-order valence-corrected chi connectivity index (χ4v) is 2.72. The Morgan fingerprint density at radius 3 is 2.19 bits per heavy atom. The van der Waals surface area contributed by atoms with Crippen molar-refractivity contribution >= 4 is 17.9 Å². The molecule has 1 rings (SSSR count). The second-order valence-corrected chi connectivity index (χ2v) is 6.76. The van der Waals surface area contributed by atoms with Crippen LogP contribution in [0.4, 0.5) is 4.79 Å². The van der Waals surface area contributed by atoms with E-state index >= 15 is 0 Å². The van der Waals surface area contributed by atoms with Gasteiger partial charge in [0.25, 0.3) is 0 Å². The molecule has 0 radical (unpaired) electrons. The van der Waals surface area contributed by atoms with Crippen LogP contribution >= 0.6 is 0 Å². The van der Waals surface area contributed by atoms with E-state index in [1.54, 1.807) is 0 Å². The van der Waals surface area contributed by atoms with Crippen molar-refractivity contribution < 1.29 is 9.59 Å². The Kier molecular flexibility index (Phi) is 9.07. The number of hydrogen-bond donors (Lipinski definition) is 6. The van der Waals surface area contributed by atoms with Gasteiger partial charge in [0, 0.05) is 13.1 Å². The number of primary amides is 2. The third kappa shape index (κ3) is 8.41. The van der Waals surface area contributed by atoms with Crippen molar-refractivity contribution in [1.82, 2.24) is 10.6 Å². The molecule has 0 bridgehead atoms. The maximum atomic E-state index is 11.6. The number of nitrogens with zero attached hydrogens (tertiary/aromatic N) is 1. The van der Waals surface area contributed by atoms with E-state index in [4.69, 9.17) is 22.9 Å². The van der Waals surface area contributed by atoms with E-state index < -0.39 is 18.0 Å². The molecule has 0 saturated heterocycles. The smallest absolute Gasteiger partial charge is 0.312 e. The summed E-state index contributed by atoms with van der Waals surface area (Å²) in [5.41, 5.74) is 23.2. The lowest BCUT2D eigenvalue weighted by Crippen LogP contribution is -2.41. The molecule has 0 spiro atoms. The van der Waals surface area contributed by atoms with Crippen LogP contribution in [0.5, 0.6) is 0 Å². The fraction of sp³-hybridized carbons (Fsp3) is 0.500. The molecule has 0 aliphatic rings. The summed E-state index contributed by atoms with van der Waals surface area (Å²) in [6, 6.07) is 6.60. The highest BCUT2D eigenvalue weighted by Gasteiger charge is 2.17. The summed E-state index contributed by atoms with van der Waals surface area (Å²) in [5.74, 6) is -0.183. The molecule has 9 nitrogen and oxygen atoms in total. The first kappa shape index (κ1) is 22.2. The van der Waals surface area contributed by atoms with Crippen LogP contribution in [0.2, 0.25) is 0 Å². The Morgan fingerprint density at radius 2 is 1.70 bits per heavy atom. The molecule has 27 heavy (non-hydrogen) atoms. The van der Waals surface area contributed by atoms with Crippen molar-refractivity contribution in [3.05, 3.63) is 35.4 Å². The number of carbonyl (C=O) groups is 2. The van der Waals surface area contributed by atoms with Gasteiger partial charge in [-0.2, -0.15) is 0 Å². The van der Waals surface area contributed by atoms with Crippen LogP contribution in [0, 0.1) is 5.92 Å². The Bertz CT molecular complexity index is 640. The van der Waals surface area contributed by atoms with Gasteiger partial charge in [0.1, 0.15) is 0 Å². The largest absolute Gasteiger partial charge is 0.370 e. The third-order valence-electron chi connectivity index (χ3n) is 4.14. The van der Waals surface area contributed by atoms with Gasteiger partial charge in [-0.05, 0) is 29.9 Å². The normalized spacial score (nSPS) is 13.0. The van der Waals surface area contributed by atoms with Crippen LogP contribution in [0.3, 0.4) is 0 Å². The summed E-state index contributed by atoms with van der Waals surface area (Å²) >= 11 is 0. The average molecular weight is 377 g/mol. The summed E-state index contributed by atoms with van der Waals surface area (Å²) in [6.45, 7) is 4.96. The zero-order chi connectivity index (χ0) is 20.4. The number of hydrogen-bond acceptors (Lipinski definition) is 4. The first-order valence-corrected chi connectivity index (χ1v) is 8.93. The molecular formula is C18H31N7O2. The molecule has 0 saturated carbocycles. The maximum absolute atomic E-state index is 11.6. The van der Waals surface area contributed by atoms with Gasteiger partial charge in [-0.1, -0.05) is 38.1 Å². The second-order valence-electron chi connectivity index (χ2n) is 6.76. The van der Waals surface area contributed by atoms with Gasteiger partial charge in [-0.25, -0.2) is 4.79 Å². The van der Waals surface area contributed by atoms with Crippen molar-refractivity contribution in [2.75, 3.05) is 6.54 Å². The van der Waals surface area contributed by atoms with Crippen LogP contribution in [-0.2, 0) is 11.3 Å². The van der Waals surface area contributed by atoms with Crippen LogP contribution in [0.25, 0.3) is 0 Å². The van der Waals surface area contributed by atoms with Crippen molar-refractivity contribution in [3.8, 4) is 0 Å². The molecule has 1 unspecified atom stereocenters. The minimum absolute atomic E-state index is 0.0317. The Morgan fingerprint density at radius 1 is 1.07 bits per heavy atom. The molecule has 1 aromatic carbocycles. The molecule has 3 amide bonds. The monoisotopic (exact) mass is 377 g/mol. The number of benzene rings is 1. The summed E-state index contributed by atoms with van der Waals surface area (Å²) in [4.78, 5) is 26.7. The van der Waals surface area contributed by atoms with Crippen molar-refractivity contribution in [2.45, 2.75) is 45.3 Å². The zero-order valence-electron chi connectivity index (χ0n) is 15.9.